The van der Waals surface area contributed by atoms with Crippen molar-refractivity contribution < 1.29 is 19.1 Å². The van der Waals surface area contributed by atoms with Gasteiger partial charge in [-0.25, -0.2) is 0 Å². The Labute approximate surface area is 163 Å². The number of ketones is 1. The van der Waals surface area contributed by atoms with Crippen LogP contribution in [-0.4, -0.2) is 25.9 Å². The standard InChI is InChI=1S/C23H21NO4/c1-15-9-11-17(12-10-15)24-23(26)19-14-20(27-2)18(13-21(19)28-3)22(25)16-7-5-4-6-8-16/h4-14H,1-3H3,(H,24,26). The van der Waals surface area contributed by atoms with Gasteiger partial charge >= 0.3 is 0 Å². The number of hydrogen-bond donors (Lipinski definition) is 1. The second-order valence-corrected chi connectivity index (χ2v) is 6.27. The minimum Gasteiger partial charge on any atom is -0.496 e. The molecule has 28 heavy (non-hydrogen) atoms. The molecule has 0 atom stereocenters. The summed E-state index contributed by atoms with van der Waals surface area (Å²) < 4.78 is 10.8. The van der Waals surface area contributed by atoms with Crippen LogP contribution in [0.15, 0.2) is 66.7 Å². The van der Waals surface area contributed by atoms with Gasteiger partial charge in [-0.3, -0.25) is 9.59 Å². The molecule has 0 saturated carbocycles. The number of carbonyl (C=O) groups is 2. The number of rotatable bonds is 6. The monoisotopic (exact) mass is 375 g/mol. The van der Waals surface area contributed by atoms with Gasteiger partial charge in [0.15, 0.2) is 5.78 Å². The van der Waals surface area contributed by atoms with E-state index in [0.717, 1.165) is 5.56 Å². The fraction of sp³-hybridized carbons (Fsp3) is 0.130. The summed E-state index contributed by atoms with van der Waals surface area (Å²) in [5.41, 5.74) is 2.91. The minimum atomic E-state index is -0.349. The molecule has 5 heteroatoms. The van der Waals surface area contributed by atoms with Crippen LogP contribution in [0.3, 0.4) is 0 Å². The number of benzene rings is 3. The molecule has 0 bridgehead atoms. The van der Waals surface area contributed by atoms with Crippen LogP contribution in [0.1, 0.15) is 31.8 Å². The van der Waals surface area contributed by atoms with E-state index in [0.29, 0.717) is 28.3 Å². The average Bonchev–Trinajstić information content (AvgIpc) is 2.74. The van der Waals surface area contributed by atoms with Gasteiger partial charge in [0.2, 0.25) is 0 Å². The number of amides is 1. The smallest absolute Gasteiger partial charge is 0.259 e. The summed E-state index contributed by atoms with van der Waals surface area (Å²) in [6.45, 7) is 1.97. The molecule has 0 fully saturated rings. The van der Waals surface area contributed by atoms with Gasteiger partial charge < -0.3 is 14.8 Å². The van der Waals surface area contributed by atoms with E-state index in [1.54, 1.807) is 24.3 Å². The van der Waals surface area contributed by atoms with Crippen molar-refractivity contribution >= 4 is 17.4 Å². The normalized spacial score (nSPS) is 10.2. The quantitative estimate of drug-likeness (QED) is 0.645. The molecular formula is C23H21NO4. The molecule has 3 aromatic rings. The molecule has 0 saturated heterocycles. The van der Waals surface area contributed by atoms with E-state index >= 15 is 0 Å². The van der Waals surface area contributed by atoms with Crippen LogP contribution in [0.2, 0.25) is 0 Å². The van der Waals surface area contributed by atoms with Crippen LogP contribution in [0.25, 0.3) is 0 Å². The third kappa shape index (κ3) is 4.04. The molecule has 0 aliphatic carbocycles. The predicted molar refractivity (Wildman–Crippen MR) is 109 cm³/mol. The Bertz CT molecular complexity index is 995. The molecule has 5 nitrogen and oxygen atoms in total. The van der Waals surface area contributed by atoms with E-state index in [1.165, 1.54) is 26.4 Å². The van der Waals surface area contributed by atoms with Gasteiger partial charge in [-0.05, 0) is 31.2 Å². The number of methoxy groups -OCH3 is 2. The molecule has 3 aromatic carbocycles. The largest absolute Gasteiger partial charge is 0.496 e. The lowest BCUT2D eigenvalue weighted by atomic mass is 9.99. The first-order chi connectivity index (χ1) is 13.5. The van der Waals surface area contributed by atoms with Crippen molar-refractivity contribution in [3.63, 3.8) is 0 Å². The van der Waals surface area contributed by atoms with E-state index in [9.17, 15) is 9.59 Å². The molecule has 0 heterocycles. The summed E-state index contributed by atoms with van der Waals surface area (Å²) in [5, 5.41) is 2.83. The van der Waals surface area contributed by atoms with Gasteiger partial charge in [0.1, 0.15) is 11.5 Å². The maximum atomic E-state index is 12.9. The number of carbonyl (C=O) groups excluding carboxylic acids is 2. The third-order valence-electron chi connectivity index (χ3n) is 4.36. The fourth-order valence-corrected chi connectivity index (χ4v) is 2.83. The zero-order chi connectivity index (χ0) is 20.1. The van der Waals surface area contributed by atoms with Crippen LogP contribution in [0.4, 0.5) is 5.69 Å². The van der Waals surface area contributed by atoms with E-state index in [2.05, 4.69) is 5.32 Å². The minimum absolute atomic E-state index is 0.207. The van der Waals surface area contributed by atoms with Crippen LogP contribution in [-0.2, 0) is 0 Å². The zero-order valence-corrected chi connectivity index (χ0v) is 16.0. The van der Waals surface area contributed by atoms with Crippen LogP contribution < -0.4 is 14.8 Å². The lowest BCUT2D eigenvalue weighted by Crippen LogP contribution is -2.15. The molecule has 0 unspecified atom stereocenters. The number of ether oxygens (including phenoxy) is 2. The summed E-state index contributed by atoms with van der Waals surface area (Å²) in [5.74, 6) is 0.0485. The Balaban J connectivity index is 1.97. The fourth-order valence-electron chi connectivity index (χ4n) is 2.83. The van der Waals surface area contributed by atoms with Crippen molar-refractivity contribution in [1.82, 2.24) is 0 Å². The Morgan fingerprint density at radius 1 is 0.786 bits per heavy atom. The van der Waals surface area contributed by atoms with Crippen LogP contribution in [0, 0.1) is 6.92 Å². The van der Waals surface area contributed by atoms with Crippen molar-refractivity contribution in [3.05, 3.63) is 89.0 Å². The van der Waals surface area contributed by atoms with E-state index in [-0.39, 0.29) is 17.3 Å². The van der Waals surface area contributed by atoms with Crippen molar-refractivity contribution in [3.8, 4) is 11.5 Å². The van der Waals surface area contributed by atoms with E-state index in [4.69, 9.17) is 9.47 Å². The molecule has 3 rings (SSSR count). The maximum Gasteiger partial charge on any atom is 0.259 e. The third-order valence-corrected chi connectivity index (χ3v) is 4.36. The molecule has 142 valence electrons. The Kier molecular flexibility index (Phi) is 5.75. The van der Waals surface area contributed by atoms with Crippen LogP contribution in [0.5, 0.6) is 11.5 Å². The van der Waals surface area contributed by atoms with Gasteiger partial charge in [-0.1, -0.05) is 48.0 Å². The maximum absolute atomic E-state index is 12.9. The summed E-state index contributed by atoms with van der Waals surface area (Å²) in [4.78, 5) is 25.6. The Morgan fingerprint density at radius 2 is 1.36 bits per heavy atom. The molecule has 0 aromatic heterocycles. The first-order valence-corrected chi connectivity index (χ1v) is 8.77. The highest BCUT2D eigenvalue weighted by Gasteiger charge is 2.21. The van der Waals surface area contributed by atoms with Crippen molar-refractivity contribution in [2.75, 3.05) is 19.5 Å². The zero-order valence-electron chi connectivity index (χ0n) is 16.0. The predicted octanol–water partition coefficient (Wildman–Crippen LogP) is 4.50. The van der Waals surface area contributed by atoms with Crippen molar-refractivity contribution in [2.24, 2.45) is 0 Å². The molecule has 0 aliphatic heterocycles. The summed E-state index contributed by atoms with van der Waals surface area (Å²) >= 11 is 0. The molecular weight excluding hydrogens is 354 g/mol. The topological polar surface area (TPSA) is 64.6 Å². The summed E-state index contributed by atoms with van der Waals surface area (Å²) in [6, 6.07) is 19.4. The van der Waals surface area contributed by atoms with E-state index < -0.39 is 0 Å². The number of aryl methyl sites for hydroxylation is 1. The van der Waals surface area contributed by atoms with E-state index in [1.807, 2.05) is 37.3 Å². The summed E-state index contributed by atoms with van der Waals surface area (Å²) in [7, 11) is 2.92. The SMILES string of the molecule is COc1cc(C(=O)c2ccccc2)c(OC)cc1C(=O)Nc1ccc(C)cc1. The van der Waals surface area contributed by atoms with Gasteiger partial charge in [0.25, 0.3) is 5.91 Å². The second kappa shape index (κ2) is 8.39. The molecule has 0 spiro atoms. The molecule has 1 amide bonds. The average molecular weight is 375 g/mol. The molecule has 0 radical (unpaired) electrons. The molecule has 1 N–H and O–H groups in total. The van der Waals surface area contributed by atoms with Crippen LogP contribution >= 0.6 is 0 Å². The highest BCUT2D eigenvalue weighted by Crippen LogP contribution is 2.31. The Hall–Kier alpha value is -3.60. The number of nitrogens with one attached hydrogen (secondary N) is 1. The Morgan fingerprint density at radius 3 is 1.96 bits per heavy atom. The first-order valence-electron chi connectivity index (χ1n) is 8.77. The van der Waals surface area contributed by atoms with Gasteiger partial charge in [-0.15, -0.1) is 0 Å². The van der Waals surface area contributed by atoms with Gasteiger partial charge in [0.05, 0.1) is 25.3 Å². The highest BCUT2D eigenvalue weighted by molar-refractivity contribution is 6.13. The van der Waals surface area contributed by atoms with Crippen molar-refractivity contribution in [2.45, 2.75) is 6.92 Å². The first kappa shape index (κ1) is 19.2. The van der Waals surface area contributed by atoms with Crippen molar-refractivity contribution in [1.29, 1.82) is 0 Å². The lowest BCUT2D eigenvalue weighted by Gasteiger charge is -2.14. The number of hydrogen-bond acceptors (Lipinski definition) is 4. The highest BCUT2D eigenvalue weighted by atomic mass is 16.5. The van der Waals surface area contributed by atoms with Gasteiger partial charge in [-0.2, -0.15) is 0 Å². The molecule has 0 aliphatic rings. The lowest BCUT2D eigenvalue weighted by molar-refractivity contribution is 0.101. The summed E-state index contributed by atoms with van der Waals surface area (Å²) in [6.07, 6.45) is 0. The number of anilines is 1. The van der Waals surface area contributed by atoms with Gasteiger partial charge in [0, 0.05) is 11.3 Å². The second-order valence-electron chi connectivity index (χ2n) is 6.27.